The highest BCUT2D eigenvalue weighted by Gasteiger charge is 2.42. The molecule has 174 valence electrons. The van der Waals surface area contributed by atoms with E-state index in [9.17, 15) is 13.6 Å². The zero-order chi connectivity index (χ0) is 21.7. The molecule has 2 aliphatic rings. The fourth-order valence-electron chi connectivity index (χ4n) is 3.95. The monoisotopic (exact) mass is 554 g/mol. The Labute approximate surface area is 197 Å². The van der Waals surface area contributed by atoms with Crippen molar-refractivity contribution in [1.29, 1.82) is 0 Å². The molecule has 1 fully saturated rings. The normalized spacial score (nSPS) is 16.6. The summed E-state index contributed by atoms with van der Waals surface area (Å²) in [6, 6.07) is 3.00. The van der Waals surface area contributed by atoms with Crippen molar-refractivity contribution in [1.82, 2.24) is 15.5 Å². The largest absolute Gasteiger partial charge is 0.454 e. The van der Waals surface area contributed by atoms with Gasteiger partial charge in [0, 0.05) is 45.9 Å². The predicted molar refractivity (Wildman–Crippen MR) is 122 cm³/mol. The highest BCUT2D eigenvalue weighted by Crippen LogP contribution is 2.40. The molecule has 0 spiro atoms. The van der Waals surface area contributed by atoms with Crippen LogP contribution in [0.1, 0.15) is 31.2 Å². The van der Waals surface area contributed by atoms with Crippen molar-refractivity contribution in [3.8, 4) is 17.2 Å². The first-order chi connectivity index (χ1) is 14.3. The summed E-state index contributed by atoms with van der Waals surface area (Å²) in [5, 5.41) is 6.31. The van der Waals surface area contributed by atoms with Crippen LogP contribution in [0.25, 0.3) is 0 Å². The topological polar surface area (TPSA) is 84.4 Å². The van der Waals surface area contributed by atoms with Gasteiger partial charge >= 0.3 is 6.61 Å². The Bertz CT molecular complexity index is 802. The molecule has 1 saturated carbocycles. The van der Waals surface area contributed by atoms with E-state index < -0.39 is 12.0 Å². The van der Waals surface area contributed by atoms with Gasteiger partial charge in [0.1, 0.15) is 5.75 Å². The lowest BCUT2D eigenvalue weighted by Gasteiger charge is -2.31. The molecule has 0 bridgehead atoms. The van der Waals surface area contributed by atoms with Crippen LogP contribution >= 0.6 is 24.0 Å². The number of nitrogens with zero attached hydrogens (tertiary/aromatic N) is 2. The van der Waals surface area contributed by atoms with Gasteiger partial charge in [0.05, 0.1) is 5.41 Å². The molecule has 1 aromatic carbocycles. The van der Waals surface area contributed by atoms with Gasteiger partial charge in [0.2, 0.25) is 12.7 Å². The molecule has 0 radical (unpaired) electrons. The number of carbonyl (C=O) groups is 1. The lowest BCUT2D eigenvalue weighted by molar-refractivity contribution is -0.138. The molecule has 1 aromatic rings. The predicted octanol–water partition coefficient (Wildman–Crippen LogP) is 2.95. The van der Waals surface area contributed by atoms with E-state index in [1.807, 2.05) is 0 Å². The summed E-state index contributed by atoms with van der Waals surface area (Å²) in [5.74, 6) is 1.41. The van der Waals surface area contributed by atoms with Crippen molar-refractivity contribution < 1.29 is 27.8 Å². The molecule has 0 saturated heterocycles. The maximum atomic E-state index is 12.8. The maximum Gasteiger partial charge on any atom is 0.387 e. The lowest BCUT2D eigenvalue weighted by atomic mass is 9.84. The Kier molecular flexibility index (Phi) is 8.95. The number of fused-ring (bicyclic) bond motifs is 1. The summed E-state index contributed by atoms with van der Waals surface area (Å²) in [4.78, 5) is 18.5. The average Bonchev–Trinajstić information content (AvgIpc) is 3.36. The van der Waals surface area contributed by atoms with Crippen LogP contribution in [-0.2, 0) is 11.3 Å². The molecule has 3 rings (SSSR count). The Hall–Kier alpha value is -2.05. The standard InChI is InChI=1S/C20H28F2N4O4.HI/c1-23-19(25-11-20(6-4-5-7-20)17(27)26(2)3)24-10-13-8-15-16(29-12-28-15)9-14(13)30-18(21)22;/h8-9,18H,4-7,10-12H2,1-3H3,(H2,23,24,25);1H. The Balaban J connectivity index is 0.00000341. The van der Waals surface area contributed by atoms with E-state index >= 15 is 0 Å². The second-order valence-corrected chi connectivity index (χ2v) is 7.66. The van der Waals surface area contributed by atoms with E-state index in [-0.39, 0.29) is 49.0 Å². The van der Waals surface area contributed by atoms with Crippen LogP contribution in [0.4, 0.5) is 8.78 Å². The van der Waals surface area contributed by atoms with Gasteiger partial charge in [0.25, 0.3) is 0 Å². The fraction of sp³-hybridized carbons (Fsp3) is 0.600. The number of aliphatic imine (C=N–C) groups is 1. The number of hydrogen-bond donors (Lipinski definition) is 2. The van der Waals surface area contributed by atoms with Crippen molar-refractivity contribution in [3.63, 3.8) is 0 Å². The molecular weight excluding hydrogens is 525 g/mol. The molecule has 31 heavy (non-hydrogen) atoms. The number of guanidine groups is 1. The van der Waals surface area contributed by atoms with Crippen LogP contribution < -0.4 is 24.8 Å². The van der Waals surface area contributed by atoms with Crippen LogP contribution in [0.5, 0.6) is 17.2 Å². The molecular formula is C20H29F2IN4O4. The maximum absolute atomic E-state index is 12.8. The number of alkyl halides is 2. The molecule has 11 heteroatoms. The first-order valence-corrected chi connectivity index (χ1v) is 9.88. The van der Waals surface area contributed by atoms with E-state index in [2.05, 4.69) is 20.4 Å². The highest BCUT2D eigenvalue weighted by molar-refractivity contribution is 14.0. The van der Waals surface area contributed by atoms with E-state index in [0.717, 1.165) is 25.7 Å². The molecule has 0 unspecified atom stereocenters. The molecule has 8 nitrogen and oxygen atoms in total. The van der Waals surface area contributed by atoms with Crippen LogP contribution in [-0.4, -0.2) is 57.9 Å². The molecule has 0 aromatic heterocycles. The summed E-state index contributed by atoms with van der Waals surface area (Å²) in [6.07, 6.45) is 3.67. The van der Waals surface area contributed by atoms with E-state index in [4.69, 9.17) is 9.47 Å². The second kappa shape index (κ2) is 11.0. The number of benzene rings is 1. The van der Waals surface area contributed by atoms with Crippen molar-refractivity contribution in [2.75, 3.05) is 34.5 Å². The van der Waals surface area contributed by atoms with Gasteiger partial charge in [-0.2, -0.15) is 8.78 Å². The minimum absolute atomic E-state index is 0. The molecule has 1 aliphatic heterocycles. The minimum atomic E-state index is -2.96. The smallest absolute Gasteiger partial charge is 0.387 e. The van der Waals surface area contributed by atoms with Crippen LogP contribution in [0.2, 0.25) is 0 Å². The van der Waals surface area contributed by atoms with Crippen LogP contribution in [0, 0.1) is 5.41 Å². The summed E-state index contributed by atoms with van der Waals surface area (Å²) >= 11 is 0. The third-order valence-electron chi connectivity index (χ3n) is 5.46. The summed E-state index contributed by atoms with van der Waals surface area (Å²) < 4.78 is 40.8. The van der Waals surface area contributed by atoms with Gasteiger partial charge in [-0.1, -0.05) is 12.8 Å². The third-order valence-corrected chi connectivity index (χ3v) is 5.46. The number of nitrogens with one attached hydrogen (secondary N) is 2. The first kappa shape index (κ1) is 25.2. The van der Waals surface area contributed by atoms with Crippen LogP contribution in [0.3, 0.4) is 0 Å². The van der Waals surface area contributed by atoms with Crippen molar-refractivity contribution >= 4 is 35.8 Å². The van der Waals surface area contributed by atoms with Gasteiger partial charge in [-0.3, -0.25) is 9.79 Å². The summed E-state index contributed by atoms with van der Waals surface area (Å²) in [5.41, 5.74) is 0.0199. The zero-order valence-corrected chi connectivity index (χ0v) is 20.2. The van der Waals surface area contributed by atoms with E-state index in [1.54, 1.807) is 32.1 Å². The van der Waals surface area contributed by atoms with Gasteiger partial charge < -0.3 is 29.7 Å². The highest BCUT2D eigenvalue weighted by atomic mass is 127. The number of halogens is 3. The minimum Gasteiger partial charge on any atom is -0.454 e. The van der Waals surface area contributed by atoms with Gasteiger partial charge in [-0.25, -0.2) is 0 Å². The Morgan fingerprint density at radius 1 is 1.23 bits per heavy atom. The number of amides is 1. The molecule has 2 N–H and O–H groups in total. The first-order valence-electron chi connectivity index (χ1n) is 9.88. The van der Waals surface area contributed by atoms with Gasteiger partial charge in [-0.05, 0) is 18.9 Å². The average molecular weight is 554 g/mol. The molecule has 0 atom stereocenters. The van der Waals surface area contributed by atoms with E-state index in [1.165, 1.54) is 6.07 Å². The number of hydrogen-bond acceptors (Lipinski definition) is 5. The van der Waals surface area contributed by atoms with E-state index in [0.29, 0.717) is 29.6 Å². The summed E-state index contributed by atoms with van der Waals surface area (Å²) in [7, 11) is 5.14. The van der Waals surface area contributed by atoms with Crippen molar-refractivity contribution in [2.45, 2.75) is 38.8 Å². The number of rotatable bonds is 7. The van der Waals surface area contributed by atoms with Crippen LogP contribution in [0.15, 0.2) is 17.1 Å². The Morgan fingerprint density at radius 2 is 1.87 bits per heavy atom. The third kappa shape index (κ3) is 6.01. The van der Waals surface area contributed by atoms with Crippen molar-refractivity contribution in [2.24, 2.45) is 10.4 Å². The molecule has 1 amide bonds. The van der Waals surface area contributed by atoms with Gasteiger partial charge in [-0.15, -0.1) is 24.0 Å². The lowest BCUT2D eigenvalue weighted by Crippen LogP contribution is -2.49. The quantitative estimate of drug-likeness (QED) is 0.307. The van der Waals surface area contributed by atoms with Crippen molar-refractivity contribution in [3.05, 3.63) is 17.7 Å². The molecule has 1 heterocycles. The SMILES string of the molecule is CN=C(NCc1cc2c(cc1OC(F)F)OCO2)NCC1(C(=O)N(C)C)CCCC1.I. The number of carbonyl (C=O) groups excluding carboxylic acids is 1. The zero-order valence-electron chi connectivity index (χ0n) is 17.9. The number of ether oxygens (including phenoxy) is 3. The molecule has 1 aliphatic carbocycles. The summed E-state index contributed by atoms with van der Waals surface area (Å²) in [6.45, 7) is -2.30. The van der Waals surface area contributed by atoms with Gasteiger partial charge in [0.15, 0.2) is 17.5 Å². The second-order valence-electron chi connectivity index (χ2n) is 7.66. The Morgan fingerprint density at radius 3 is 2.45 bits per heavy atom. The fourth-order valence-corrected chi connectivity index (χ4v) is 3.95.